The van der Waals surface area contributed by atoms with Crippen molar-refractivity contribution in [2.75, 3.05) is 13.7 Å². The van der Waals surface area contributed by atoms with Gasteiger partial charge in [0.1, 0.15) is 0 Å². The largest absolute Gasteiger partial charge is 0.384 e. The van der Waals surface area contributed by atoms with Gasteiger partial charge in [0.15, 0.2) is 0 Å². The average molecular weight is 268 g/mol. The van der Waals surface area contributed by atoms with Gasteiger partial charge in [-0.25, -0.2) is 4.68 Å². The predicted octanol–water partition coefficient (Wildman–Crippen LogP) is 1.08. The third-order valence-corrected chi connectivity index (χ3v) is 3.03. The summed E-state index contributed by atoms with van der Waals surface area (Å²) in [6, 6.07) is 0. The van der Waals surface area contributed by atoms with Crippen LogP contribution in [0.5, 0.6) is 0 Å². The molecule has 0 aliphatic rings. The number of ether oxygens (including phenoxy) is 1. The number of unbranched alkanes of at least 4 members (excludes halogenated alkanes) is 3. The number of carbonyl (C=O) groups excluding carboxylic acids is 1. The van der Waals surface area contributed by atoms with Gasteiger partial charge in [0.2, 0.25) is 5.91 Å². The van der Waals surface area contributed by atoms with Crippen LogP contribution < -0.4 is 5.73 Å². The molecule has 0 unspecified atom stereocenters. The number of nitrogens with two attached hydrogens (primary N) is 1. The number of hydrogen-bond acceptors (Lipinski definition) is 4. The lowest BCUT2D eigenvalue weighted by atomic mass is 10.1. The van der Waals surface area contributed by atoms with Crippen molar-refractivity contribution in [3.8, 4) is 0 Å². The molecule has 0 aliphatic carbocycles. The maximum absolute atomic E-state index is 11.0. The molecule has 1 aromatic rings. The molecule has 1 amide bonds. The number of nitrogens with zero attached hydrogens (tertiary/aromatic N) is 3. The molecule has 6 nitrogen and oxygen atoms in total. The molecule has 0 fully saturated rings. The predicted molar refractivity (Wildman–Crippen MR) is 72.6 cm³/mol. The van der Waals surface area contributed by atoms with Gasteiger partial charge in [0.05, 0.1) is 24.4 Å². The van der Waals surface area contributed by atoms with E-state index in [0.717, 1.165) is 18.7 Å². The number of rotatable bonds is 10. The van der Waals surface area contributed by atoms with Gasteiger partial charge in [-0.3, -0.25) is 4.79 Å². The first-order valence-corrected chi connectivity index (χ1v) is 6.87. The minimum atomic E-state index is -0.378. The summed E-state index contributed by atoms with van der Waals surface area (Å²) in [6.45, 7) is 3.61. The van der Waals surface area contributed by atoms with Crippen molar-refractivity contribution in [1.82, 2.24) is 15.0 Å². The fraction of sp³-hybridized carbons (Fsp3) is 0.769. The summed E-state index contributed by atoms with van der Waals surface area (Å²) >= 11 is 0. The molecule has 0 saturated heterocycles. The first-order chi connectivity index (χ1) is 9.19. The Morgan fingerprint density at radius 1 is 1.37 bits per heavy atom. The molecule has 2 N–H and O–H groups in total. The monoisotopic (exact) mass is 268 g/mol. The number of aromatic nitrogens is 3. The molecule has 0 aliphatic heterocycles. The number of aryl methyl sites for hydroxylation is 1. The van der Waals surface area contributed by atoms with Gasteiger partial charge in [-0.05, 0) is 6.42 Å². The maximum Gasteiger partial charge on any atom is 0.223 e. The minimum absolute atomic E-state index is 0.147. The summed E-state index contributed by atoms with van der Waals surface area (Å²) in [5, 5.41) is 8.19. The quantitative estimate of drug-likeness (QED) is 0.643. The number of amides is 1. The van der Waals surface area contributed by atoms with E-state index in [9.17, 15) is 4.79 Å². The SMILES string of the molecule is CCCCCCn1nnc(CC(N)=O)c1CCOC. The molecular formula is C13H24N4O2. The summed E-state index contributed by atoms with van der Waals surface area (Å²) in [5.41, 5.74) is 6.87. The Morgan fingerprint density at radius 2 is 2.16 bits per heavy atom. The summed E-state index contributed by atoms with van der Waals surface area (Å²) in [5.74, 6) is -0.378. The Kier molecular flexibility index (Phi) is 7.10. The van der Waals surface area contributed by atoms with E-state index in [1.807, 2.05) is 4.68 Å². The fourth-order valence-corrected chi connectivity index (χ4v) is 2.01. The minimum Gasteiger partial charge on any atom is -0.384 e. The van der Waals surface area contributed by atoms with Crippen molar-refractivity contribution in [3.63, 3.8) is 0 Å². The first kappa shape index (κ1) is 15.6. The second-order valence-electron chi connectivity index (χ2n) is 4.65. The molecule has 1 heterocycles. The molecule has 108 valence electrons. The highest BCUT2D eigenvalue weighted by Gasteiger charge is 2.14. The normalized spacial score (nSPS) is 10.8. The lowest BCUT2D eigenvalue weighted by Crippen LogP contribution is -2.16. The Hall–Kier alpha value is -1.43. The second kappa shape index (κ2) is 8.63. The third kappa shape index (κ3) is 5.38. The van der Waals surface area contributed by atoms with Crippen molar-refractivity contribution in [2.24, 2.45) is 5.73 Å². The van der Waals surface area contributed by atoms with Crippen LogP contribution in [0.25, 0.3) is 0 Å². The zero-order valence-corrected chi connectivity index (χ0v) is 11.9. The number of carbonyl (C=O) groups is 1. The van der Waals surface area contributed by atoms with E-state index in [2.05, 4.69) is 17.2 Å². The van der Waals surface area contributed by atoms with E-state index in [-0.39, 0.29) is 12.3 Å². The highest BCUT2D eigenvalue weighted by Crippen LogP contribution is 2.10. The second-order valence-corrected chi connectivity index (χ2v) is 4.65. The Labute approximate surface area is 114 Å². The van der Waals surface area contributed by atoms with Crippen LogP contribution >= 0.6 is 0 Å². The van der Waals surface area contributed by atoms with Crippen LogP contribution in [0.3, 0.4) is 0 Å². The van der Waals surface area contributed by atoms with Crippen molar-refractivity contribution >= 4 is 5.91 Å². The molecule has 0 aromatic carbocycles. The smallest absolute Gasteiger partial charge is 0.223 e. The number of primary amides is 1. The van der Waals surface area contributed by atoms with Crippen LogP contribution in [0.15, 0.2) is 0 Å². The van der Waals surface area contributed by atoms with E-state index >= 15 is 0 Å². The van der Waals surface area contributed by atoms with E-state index in [4.69, 9.17) is 10.5 Å². The standard InChI is InChI=1S/C13H24N4O2/c1-3-4-5-6-8-17-12(7-9-19-2)11(15-16-17)10-13(14)18/h3-10H2,1-2H3,(H2,14,18). The number of methoxy groups -OCH3 is 1. The van der Waals surface area contributed by atoms with Gasteiger partial charge in [-0.1, -0.05) is 31.4 Å². The molecular weight excluding hydrogens is 244 g/mol. The summed E-state index contributed by atoms with van der Waals surface area (Å²) in [6.07, 6.45) is 5.56. The fourth-order valence-electron chi connectivity index (χ4n) is 2.01. The topological polar surface area (TPSA) is 83.0 Å². The summed E-state index contributed by atoms with van der Waals surface area (Å²) in [7, 11) is 1.66. The van der Waals surface area contributed by atoms with Crippen LogP contribution in [0.1, 0.15) is 44.0 Å². The Balaban J connectivity index is 2.66. The zero-order valence-electron chi connectivity index (χ0n) is 11.9. The molecule has 0 spiro atoms. The molecule has 1 rings (SSSR count). The zero-order chi connectivity index (χ0) is 14.1. The third-order valence-electron chi connectivity index (χ3n) is 3.03. The molecule has 1 aromatic heterocycles. The van der Waals surface area contributed by atoms with Gasteiger partial charge < -0.3 is 10.5 Å². The highest BCUT2D eigenvalue weighted by molar-refractivity contribution is 5.76. The summed E-state index contributed by atoms with van der Waals surface area (Å²) < 4.78 is 6.97. The Bertz CT molecular complexity index is 390. The van der Waals surface area contributed by atoms with E-state index in [1.165, 1.54) is 19.3 Å². The molecule has 19 heavy (non-hydrogen) atoms. The van der Waals surface area contributed by atoms with Gasteiger partial charge in [-0.2, -0.15) is 0 Å². The van der Waals surface area contributed by atoms with Crippen molar-refractivity contribution in [1.29, 1.82) is 0 Å². The molecule has 0 radical (unpaired) electrons. The summed E-state index contributed by atoms with van der Waals surface area (Å²) in [4.78, 5) is 11.0. The van der Waals surface area contributed by atoms with Crippen LogP contribution in [-0.2, 0) is 28.9 Å². The lowest BCUT2D eigenvalue weighted by molar-refractivity contribution is -0.117. The lowest BCUT2D eigenvalue weighted by Gasteiger charge is -2.07. The average Bonchev–Trinajstić information content (AvgIpc) is 2.74. The van der Waals surface area contributed by atoms with Crippen LogP contribution in [0, 0.1) is 0 Å². The van der Waals surface area contributed by atoms with E-state index < -0.39 is 0 Å². The highest BCUT2D eigenvalue weighted by atomic mass is 16.5. The molecule has 0 bridgehead atoms. The van der Waals surface area contributed by atoms with Gasteiger partial charge in [0, 0.05) is 20.1 Å². The van der Waals surface area contributed by atoms with Crippen molar-refractivity contribution in [2.45, 2.75) is 52.0 Å². The van der Waals surface area contributed by atoms with Gasteiger partial charge in [0.25, 0.3) is 0 Å². The van der Waals surface area contributed by atoms with Crippen molar-refractivity contribution in [3.05, 3.63) is 11.4 Å². The number of hydrogen-bond donors (Lipinski definition) is 1. The van der Waals surface area contributed by atoms with Crippen molar-refractivity contribution < 1.29 is 9.53 Å². The van der Waals surface area contributed by atoms with E-state index in [1.54, 1.807) is 7.11 Å². The van der Waals surface area contributed by atoms with Crippen LogP contribution in [0.2, 0.25) is 0 Å². The molecule has 0 atom stereocenters. The van der Waals surface area contributed by atoms with Gasteiger partial charge >= 0.3 is 0 Å². The first-order valence-electron chi connectivity index (χ1n) is 6.87. The molecule has 0 saturated carbocycles. The molecule has 6 heteroatoms. The maximum atomic E-state index is 11.0. The Morgan fingerprint density at radius 3 is 2.79 bits per heavy atom. The van der Waals surface area contributed by atoms with Crippen LogP contribution in [-0.4, -0.2) is 34.6 Å². The van der Waals surface area contributed by atoms with Gasteiger partial charge in [-0.15, -0.1) is 5.10 Å². The van der Waals surface area contributed by atoms with E-state index in [0.29, 0.717) is 18.7 Å². The van der Waals surface area contributed by atoms with Crippen LogP contribution in [0.4, 0.5) is 0 Å².